The predicted octanol–water partition coefficient (Wildman–Crippen LogP) is 0.384. The van der Waals surface area contributed by atoms with Crippen LogP contribution in [0.25, 0.3) is 0 Å². The van der Waals surface area contributed by atoms with Crippen LogP contribution in [0.15, 0.2) is 17.0 Å². The van der Waals surface area contributed by atoms with Gasteiger partial charge in [0.1, 0.15) is 17.6 Å². The van der Waals surface area contributed by atoms with Crippen molar-refractivity contribution in [2.45, 2.75) is 19.4 Å². The van der Waals surface area contributed by atoms with Crippen LogP contribution in [-0.4, -0.2) is 21.8 Å². The minimum atomic E-state index is -1.39. The number of carbonyl (C=O) groups is 1. The van der Waals surface area contributed by atoms with Crippen LogP contribution in [0.3, 0.4) is 0 Å². The van der Waals surface area contributed by atoms with Gasteiger partial charge < -0.3 is 14.9 Å². The highest BCUT2D eigenvalue weighted by Crippen LogP contribution is 2.08. The number of carbonyl (C=O) groups excluding carboxylic acids is 1. The van der Waals surface area contributed by atoms with Gasteiger partial charge in [0, 0.05) is 0 Å². The zero-order valence-electron chi connectivity index (χ0n) is 6.87. The number of rotatable bonds is 2. The molecule has 5 heteroatoms. The van der Waals surface area contributed by atoms with E-state index in [1.54, 1.807) is 0 Å². The molecule has 1 heterocycles. The minimum absolute atomic E-state index is 0.433. The first-order valence-electron chi connectivity index (χ1n) is 3.43. The third-order valence-electron chi connectivity index (χ3n) is 1.25. The van der Waals surface area contributed by atoms with Gasteiger partial charge in [-0.3, -0.25) is 4.79 Å². The summed E-state index contributed by atoms with van der Waals surface area (Å²) in [6.45, 7) is 2.80. The van der Waals surface area contributed by atoms with E-state index in [0.717, 1.165) is 0 Å². The van der Waals surface area contributed by atoms with Crippen molar-refractivity contribution >= 4 is 11.6 Å². The molecular formula is C7H10N2O3. The number of nitrogens with zero attached hydrogens (tertiary/aromatic N) is 1. The Kier molecular flexibility index (Phi) is 2.14. The number of nitrogens with one attached hydrogen (secondary N) is 1. The molecule has 1 aromatic rings. The third kappa shape index (κ3) is 2.06. The first-order valence-corrected chi connectivity index (χ1v) is 3.43. The molecule has 12 heavy (non-hydrogen) atoms. The lowest BCUT2D eigenvalue weighted by molar-refractivity contribution is -0.130. The first kappa shape index (κ1) is 8.73. The maximum Gasteiger partial charge on any atom is 0.255 e. The molecule has 2 N–H and O–H groups in total. The van der Waals surface area contributed by atoms with Gasteiger partial charge in [-0.2, -0.15) is 0 Å². The van der Waals surface area contributed by atoms with Crippen LogP contribution in [0.4, 0.5) is 5.69 Å². The highest BCUT2D eigenvalue weighted by atomic mass is 16.5. The van der Waals surface area contributed by atoms with E-state index < -0.39 is 11.5 Å². The van der Waals surface area contributed by atoms with Crippen LogP contribution in [0, 0.1) is 0 Å². The lowest BCUT2D eigenvalue weighted by Gasteiger charge is -2.14. The summed E-state index contributed by atoms with van der Waals surface area (Å²) in [7, 11) is 0. The van der Waals surface area contributed by atoms with Crippen molar-refractivity contribution in [3.05, 3.63) is 12.5 Å². The van der Waals surface area contributed by atoms with Gasteiger partial charge >= 0.3 is 0 Å². The van der Waals surface area contributed by atoms with Gasteiger partial charge in [0.15, 0.2) is 0 Å². The summed E-state index contributed by atoms with van der Waals surface area (Å²) in [6, 6.07) is 0. The van der Waals surface area contributed by atoms with Crippen LogP contribution in [-0.2, 0) is 4.79 Å². The highest BCUT2D eigenvalue weighted by Gasteiger charge is 2.23. The van der Waals surface area contributed by atoms with Gasteiger partial charge in [0.05, 0.1) is 6.20 Å². The molecule has 0 saturated carbocycles. The molecule has 1 rings (SSSR count). The summed E-state index contributed by atoms with van der Waals surface area (Å²) in [5.74, 6) is -0.495. The van der Waals surface area contributed by atoms with E-state index in [0.29, 0.717) is 5.69 Å². The maximum atomic E-state index is 11.1. The van der Waals surface area contributed by atoms with Crippen molar-refractivity contribution in [2.24, 2.45) is 0 Å². The summed E-state index contributed by atoms with van der Waals surface area (Å²) in [5, 5.41) is 15.0. The number of hydrogen-bond donors (Lipinski definition) is 2. The molecule has 0 saturated heterocycles. The van der Waals surface area contributed by atoms with Crippen molar-refractivity contribution in [2.75, 3.05) is 5.32 Å². The fourth-order valence-corrected chi connectivity index (χ4v) is 0.551. The molecular weight excluding hydrogens is 160 g/mol. The zero-order chi connectivity index (χ0) is 9.19. The van der Waals surface area contributed by atoms with Gasteiger partial charge in [-0.15, -0.1) is 0 Å². The Balaban J connectivity index is 2.60. The second-order valence-electron chi connectivity index (χ2n) is 2.93. The van der Waals surface area contributed by atoms with Crippen LogP contribution < -0.4 is 5.32 Å². The zero-order valence-corrected chi connectivity index (χ0v) is 6.87. The van der Waals surface area contributed by atoms with E-state index in [1.165, 1.54) is 26.3 Å². The standard InChI is InChI=1S/C7H10N2O3/c1-7(2,11)6(10)9-5-3-8-12-4-5/h3-4,11H,1-2H3,(H,9,10). The van der Waals surface area contributed by atoms with Gasteiger partial charge in [0.2, 0.25) is 0 Å². The SMILES string of the molecule is CC(C)(O)C(=O)Nc1cnoc1. The summed E-state index contributed by atoms with van der Waals surface area (Å²) in [4.78, 5) is 11.1. The molecule has 0 radical (unpaired) electrons. The Morgan fingerprint density at radius 2 is 2.42 bits per heavy atom. The van der Waals surface area contributed by atoms with Crippen molar-refractivity contribution in [3.63, 3.8) is 0 Å². The molecule has 0 fully saturated rings. The molecule has 0 bridgehead atoms. The van der Waals surface area contributed by atoms with Gasteiger partial charge in [-0.05, 0) is 13.8 Å². The third-order valence-corrected chi connectivity index (χ3v) is 1.25. The monoisotopic (exact) mass is 170 g/mol. The van der Waals surface area contributed by atoms with E-state index >= 15 is 0 Å². The average molecular weight is 170 g/mol. The molecule has 5 nitrogen and oxygen atoms in total. The summed E-state index contributed by atoms with van der Waals surface area (Å²) >= 11 is 0. The molecule has 1 amide bonds. The predicted molar refractivity (Wildman–Crippen MR) is 41.4 cm³/mol. The second-order valence-corrected chi connectivity index (χ2v) is 2.93. The fourth-order valence-electron chi connectivity index (χ4n) is 0.551. The average Bonchev–Trinajstić information content (AvgIpc) is 2.37. The number of amides is 1. The quantitative estimate of drug-likeness (QED) is 0.673. The number of aromatic nitrogens is 1. The summed E-state index contributed by atoms with van der Waals surface area (Å²) in [6.07, 6.45) is 2.63. The number of hydrogen-bond acceptors (Lipinski definition) is 4. The summed E-state index contributed by atoms with van der Waals surface area (Å²) < 4.78 is 4.48. The number of anilines is 1. The molecule has 0 atom stereocenters. The Hall–Kier alpha value is -1.36. The van der Waals surface area contributed by atoms with Gasteiger partial charge in [-0.25, -0.2) is 0 Å². The molecule has 0 aliphatic rings. The Labute approximate surface area is 69.4 Å². The van der Waals surface area contributed by atoms with Gasteiger partial charge in [-0.1, -0.05) is 5.16 Å². The first-order chi connectivity index (χ1) is 5.50. The smallest absolute Gasteiger partial charge is 0.255 e. The van der Waals surface area contributed by atoms with E-state index in [-0.39, 0.29) is 0 Å². The Morgan fingerprint density at radius 1 is 1.75 bits per heavy atom. The van der Waals surface area contributed by atoms with E-state index in [4.69, 9.17) is 0 Å². The minimum Gasteiger partial charge on any atom is -0.381 e. The lowest BCUT2D eigenvalue weighted by Crippen LogP contribution is -2.36. The van der Waals surface area contributed by atoms with Crippen molar-refractivity contribution in [1.82, 2.24) is 5.16 Å². The number of aliphatic hydroxyl groups is 1. The summed E-state index contributed by atoms with van der Waals surface area (Å²) in [5.41, 5.74) is -0.959. The molecule has 0 spiro atoms. The van der Waals surface area contributed by atoms with Gasteiger partial charge in [0.25, 0.3) is 5.91 Å². The maximum absolute atomic E-state index is 11.1. The van der Waals surface area contributed by atoms with Crippen LogP contribution in [0.5, 0.6) is 0 Å². The second kappa shape index (κ2) is 2.94. The molecule has 66 valence electrons. The van der Waals surface area contributed by atoms with Crippen molar-refractivity contribution in [3.8, 4) is 0 Å². The van der Waals surface area contributed by atoms with E-state index in [2.05, 4.69) is 15.0 Å². The van der Waals surface area contributed by atoms with E-state index in [1.807, 2.05) is 0 Å². The van der Waals surface area contributed by atoms with Crippen LogP contribution in [0.1, 0.15) is 13.8 Å². The largest absolute Gasteiger partial charge is 0.381 e. The molecule has 0 aliphatic carbocycles. The Bertz CT molecular complexity index is 261. The molecule has 1 aromatic heterocycles. The normalized spacial score (nSPS) is 11.2. The lowest BCUT2D eigenvalue weighted by atomic mass is 10.1. The topological polar surface area (TPSA) is 75.4 Å². The Morgan fingerprint density at radius 3 is 2.83 bits per heavy atom. The molecule has 0 aliphatic heterocycles. The van der Waals surface area contributed by atoms with E-state index in [9.17, 15) is 9.90 Å². The van der Waals surface area contributed by atoms with Crippen molar-refractivity contribution in [1.29, 1.82) is 0 Å². The molecule has 0 aromatic carbocycles. The molecule has 0 unspecified atom stereocenters. The highest BCUT2D eigenvalue weighted by molar-refractivity contribution is 5.96. The van der Waals surface area contributed by atoms with Crippen LogP contribution >= 0.6 is 0 Å². The van der Waals surface area contributed by atoms with Crippen LogP contribution in [0.2, 0.25) is 0 Å². The van der Waals surface area contributed by atoms with Crippen molar-refractivity contribution < 1.29 is 14.4 Å². The fraction of sp³-hybridized carbons (Fsp3) is 0.429.